The number of aryl methyl sites for hydroxylation is 1. The molecule has 0 amide bonds. The van der Waals surface area contributed by atoms with Gasteiger partial charge in [-0.1, -0.05) is 27.5 Å². The number of thiophene rings is 1. The lowest BCUT2D eigenvalue weighted by Gasteiger charge is -2.16. The molecule has 0 aliphatic carbocycles. The second-order valence-corrected chi connectivity index (χ2v) is 7.49. The fraction of sp³-hybridized carbons (Fsp3) is 0.231. The predicted octanol–water partition coefficient (Wildman–Crippen LogP) is 5.54. The van der Waals surface area contributed by atoms with E-state index in [0.717, 1.165) is 19.5 Å². The van der Waals surface area contributed by atoms with Gasteiger partial charge in [0.05, 0.1) is 6.04 Å². The van der Waals surface area contributed by atoms with Crippen molar-refractivity contribution in [1.29, 1.82) is 0 Å². The molecule has 1 nitrogen and oxygen atoms in total. The number of nitrogens with one attached hydrogen (secondary N) is 1. The fourth-order valence-corrected chi connectivity index (χ4v) is 4.79. The number of hydrogen-bond acceptors (Lipinski definition) is 2. The van der Waals surface area contributed by atoms with Crippen molar-refractivity contribution in [3.63, 3.8) is 0 Å². The number of halogens is 3. The molecule has 0 radical (unpaired) electrons. The maximum Gasteiger partial charge on any atom is 0.0681 e. The highest BCUT2D eigenvalue weighted by Crippen LogP contribution is 2.36. The first-order valence-corrected chi connectivity index (χ1v) is 8.18. The highest BCUT2D eigenvalue weighted by atomic mass is 79.9. The molecule has 0 bridgehead atoms. The van der Waals surface area contributed by atoms with Crippen LogP contribution >= 0.6 is 54.8 Å². The van der Waals surface area contributed by atoms with Crippen molar-refractivity contribution in [3.8, 4) is 0 Å². The van der Waals surface area contributed by atoms with E-state index in [-0.39, 0.29) is 6.04 Å². The molecule has 18 heavy (non-hydrogen) atoms. The van der Waals surface area contributed by atoms with E-state index in [1.54, 1.807) is 11.3 Å². The monoisotopic (exact) mass is 407 g/mol. The van der Waals surface area contributed by atoms with Crippen LogP contribution in [-0.2, 0) is 0 Å². The largest absolute Gasteiger partial charge is 0.309 e. The molecule has 1 N–H and O–H groups in total. The maximum atomic E-state index is 6.12. The van der Waals surface area contributed by atoms with Crippen LogP contribution in [0.25, 0.3) is 0 Å². The highest BCUT2D eigenvalue weighted by molar-refractivity contribution is 9.10. The minimum Gasteiger partial charge on any atom is -0.309 e. The summed E-state index contributed by atoms with van der Waals surface area (Å²) in [7, 11) is 1.96. The zero-order valence-corrected chi connectivity index (χ0v) is 14.7. The summed E-state index contributed by atoms with van der Waals surface area (Å²) in [6.07, 6.45) is 0. The Balaban J connectivity index is 2.48. The first-order valence-electron chi connectivity index (χ1n) is 5.40. The Labute approximate surface area is 133 Å². The van der Waals surface area contributed by atoms with Gasteiger partial charge in [0.2, 0.25) is 0 Å². The molecule has 0 saturated heterocycles. The highest BCUT2D eigenvalue weighted by Gasteiger charge is 2.18. The van der Waals surface area contributed by atoms with Gasteiger partial charge >= 0.3 is 0 Å². The van der Waals surface area contributed by atoms with Crippen LogP contribution in [0.15, 0.2) is 33.2 Å². The Bertz CT molecular complexity index is 548. The third-order valence-electron chi connectivity index (χ3n) is 2.61. The molecular formula is C13H12Br2ClNS. The van der Waals surface area contributed by atoms with Gasteiger partial charge in [0, 0.05) is 23.7 Å². The standard InChI is InChI=1S/C13H12Br2ClNS/c1-7-3-11(15)13(18-7)12(17-2)8-4-9(14)6-10(16)5-8/h3-6,12,17H,1-2H3. The van der Waals surface area contributed by atoms with Gasteiger partial charge < -0.3 is 5.32 Å². The minimum atomic E-state index is 0.146. The van der Waals surface area contributed by atoms with Gasteiger partial charge in [0.15, 0.2) is 0 Å². The summed E-state index contributed by atoms with van der Waals surface area (Å²) < 4.78 is 2.13. The van der Waals surface area contributed by atoms with Gasteiger partial charge in [0.25, 0.3) is 0 Å². The van der Waals surface area contributed by atoms with Gasteiger partial charge in [-0.3, -0.25) is 0 Å². The van der Waals surface area contributed by atoms with E-state index in [9.17, 15) is 0 Å². The Morgan fingerprint density at radius 2 is 1.94 bits per heavy atom. The topological polar surface area (TPSA) is 12.0 Å². The first-order chi connectivity index (χ1) is 8.51. The van der Waals surface area contributed by atoms with Crippen LogP contribution in [0.3, 0.4) is 0 Å². The van der Waals surface area contributed by atoms with E-state index >= 15 is 0 Å². The average Bonchev–Trinajstić information content (AvgIpc) is 2.58. The van der Waals surface area contributed by atoms with Crippen molar-refractivity contribution in [2.45, 2.75) is 13.0 Å². The van der Waals surface area contributed by atoms with Crippen molar-refractivity contribution in [3.05, 3.63) is 53.6 Å². The number of benzene rings is 1. The van der Waals surface area contributed by atoms with E-state index in [1.807, 2.05) is 19.2 Å². The molecule has 0 fully saturated rings. The molecule has 96 valence electrons. The normalized spacial score (nSPS) is 12.7. The Kier molecular flexibility index (Phi) is 4.89. The van der Waals surface area contributed by atoms with Gasteiger partial charge in [-0.05, 0) is 59.7 Å². The molecule has 0 saturated carbocycles. The van der Waals surface area contributed by atoms with E-state index in [1.165, 1.54) is 9.75 Å². The molecule has 0 spiro atoms. The third-order valence-corrected chi connectivity index (χ3v) is 5.32. The summed E-state index contributed by atoms with van der Waals surface area (Å²) in [5.41, 5.74) is 1.15. The van der Waals surface area contributed by atoms with E-state index in [0.29, 0.717) is 0 Å². The maximum absolute atomic E-state index is 6.12. The van der Waals surface area contributed by atoms with E-state index in [2.05, 4.69) is 56.2 Å². The second-order valence-electron chi connectivity index (χ2n) is 3.99. The van der Waals surface area contributed by atoms with E-state index in [4.69, 9.17) is 11.6 Å². The van der Waals surface area contributed by atoms with Crippen LogP contribution in [-0.4, -0.2) is 7.05 Å². The van der Waals surface area contributed by atoms with Crippen LogP contribution in [0.2, 0.25) is 5.02 Å². The Hall–Kier alpha value is 0.130. The summed E-state index contributed by atoms with van der Waals surface area (Å²) in [5.74, 6) is 0. The molecule has 1 atom stereocenters. The summed E-state index contributed by atoms with van der Waals surface area (Å²) >= 11 is 15.0. The predicted molar refractivity (Wildman–Crippen MR) is 86.8 cm³/mol. The van der Waals surface area contributed by atoms with Gasteiger partial charge in [-0.25, -0.2) is 0 Å². The lowest BCUT2D eigenvalue weighted by Crippen LogP contribution is -2.16. The second kappa shape index (κ2) is 6.06. The quantitative estimate of drug-likeness (QED) is 0.701. The molecule has 1 unspecified atom stereocenters. The van der Waals surface area contributed by atoms with Crippen LogP contribution in [0.4, 0.5) is 0 Å². The number of rotatable bonds is 3. The minimum absolute atomic E-state index is 0.146. The van der Waals surface area contributed by atoms with Gasteiger partial charge in [-0.15, -0.1) is 11.3 Å². The van der Waals surface area contributed by atoms with Crippen molar-refractivity contribution in [2.24, 2.45) is 0 Å². The van der Waals surface area contributed by atoms with Crippen molar-refractivity contribution < 1.29 is 0 Å². The van der Waals surface area contributed by atoms with Gasteiger partial charge in [0.1, 0.15) is 0 Å². The molecule has 1 aromatic heterocycles. The molecule has 1 aromatic carbocycles. The van der Waals surface area contributed by atoms with Crippen LogP contribution in [0, 0.1) is 6.92 Å². The summed E-state index contributed by atoms with van der Waals surface area (Å²) in [6.45, 7) is 2.11. The summed E-state index contributed by atoms with van der Waals surface area (Å²) in [5, 5.41) is 4.08. The smallest absolute Gasteiger partial charge is 0.0681 e. The molecule has 2 rings (SSSR count). The lowest BCUT2D eigenvalue weighted by atomic mass is 10.1. The zero-order valence-electron chi connectivity index (χ0n) is 9.93. The van der Waals surface area contributed by atoms with Crippen LogP contribution < -0.4 is 5.32 Å². The molecule has 5 heteroatoms. The molecule has 2 aromatic rings. The summed E-state index contributed by atoms with van der Waals surface area (Å²) in [6, 6.07) is 8.27. The van der Waals surface area contributed by atoms with Crippen molar-refractivity contribution in [2.75, 3.05) is 7.05 Å². The van der Waals surface area contributed by atoms with Crippen molar-refractivity contribution >= 4 is 54.8 Å². The lowest BCUT2D eigenvalue weighted by molar-refractivity contribution is 0.701. The third kappa shape index (κ3) is 3.17. The SMILES string of the molecule is CNC(c1cc(Cl)cc(Br)c1)c1sc(C)cc1Br. The Morgan fingerprint density at radius 1 is 1.22 bits per heavy atom. The number of hydrogen-bond donors (Lipinski definition) is 1. The van der Waals surface area contributed by atoms with E-state index < -0.39 is 0 Å². The molecule has 0 aliphatic rings. The average molecular weight is 410 g/mol. The van der Waals surface area contributed by atoms with Crippen LogP contribution in [0.1, 0.15) is 21.4 Å². The van der Waals surface area contributed by atoms with Gasteiger partial charge in [-0.2, -0.15) is 0 Å². The molecular weight excluding hydrogens is 397 g/mol. The molecule has 1 heterocycles. The van der Waals surface area contributed by atoms with Crippen molar-refractivity contribution in [1.82, 2.24) is 5.32 Å². The first kappa shape index (κ1) is 14.5. The fourth-order valence-electron chi connectivity index (χ4n) is 1.89. The van der Waals surface area contributed by atoms with Crippen LogP contribution in [0.5, 0.6) is 0 Å². The molecule has 0 aliphatic heterocycles. The summed E-state index contributed by atoms with van der Waals surface area (Å²) in [4.78, 5) is 2.56. The zero-order chi connectivity index (χ0) is 13.3. The Morgan fingerprint density at radius 3 is 2.44 bits per heavy atom.